The van der Waals surface area contributed by atoms with Crippen LogP contribution in [0.25, 0.3) is 0 Å². The van der Waals surface area contributed by atoms with Gasteiger partial charge in [-0.1, -0.05) is 25.1 Å². The van der Waals surface area contributed by atoms with Crippen molar-refractivity contribution in [3.05, 3.63) is 29.8 Å². The first-order valence-electron chi connectivity index (χ1n) is 7.54. The highest BCUT2D eigenvalue weighted by atomic mass is 16.5. The molecule has 1 fully saturated rings. The summed E-state index contributed by atoms with van der Waals surface area (Å²) in [5, 5.41) is 3.63. The first kappa shape index (κ1) is 12.9. The average molecular weight is 260 g/mol. The van der Waals surface area contributed by atoms with Gasteiger partial charge in [0.15, 0.2) is 0 Å². The zero-order valence-corrected chi connectivity index (χ0v) is 11.8. The minimum atomic E-state index is 0.548. The van der Waals surface area contributed by atoms with Gasteiger partial charge in [0, 0.05) is 30.6 Å². The zero-order chi connectivity index (χ0) is 13.1. The normalized spacial score (nSPS) is 27.6. The van der Waals surface area contributed by atoms with Crippen molar-refractivity contribution >= 4 is 0 Å². The Labute approximate surface area is 115 Å². The first-order valence-corrected chi connectivity index (χ1v) is 7.54. The van der Waals surface area contributed by atoms with E-state index in [0.717, 1.165) is 25.4 Å². The molecule has 0 bridgehead atoms. The number of benzene rings is 1. The SMILES string of the molecule is CCC1CN(CC2COc3ccccc32)CCCN1. The molecule has 1 saturated heterocycles. The number of hydrogen-bond acceptors (Lipinski definition) is 3. The quantitative estimate of drug-likeness (QED) is 0.902. The van der Waals surface area contributed by atoms with E-state index in [2.05, 4.69) is 41.4 Å². The van der Waals surface area contributed by atoms with Crippen molar-refractivity contribution in [1.82, 2.24) is 10.2 Å². The molecule has 2 atom stereocenters. The maximum Gasteiger partial charge on any atom is 0.122 e. The maximum absolute atomic E-state index is 5.79. The molecule has 1 aromatic rings. The Bertz CT molecular complexity index is 421. The third-order valence-electron chi connectivity index (χ3n) is 4.33. The summed E-state index contributed by atoms with van der Waals surface area (Å²) < 4.78 is 5.79. The van der Waals surface area contributed by atoms with Gasteiger partial charge in [-0.05, 0) is 32.0 Å². The van der Waals surface area contributed by atoms with Crippen LogP contribution in [0.5, 0.6) is 5.75 Å². The number of ether oxygens (including phenoxy) is 1. The molecule has 19 heavy (non-hydrogen) atoms. The molecule has 0 saturated carbocycles. The van der Waals surface area contributed by atoms with Crippen molar-refractivity contribution in [3.63, 3.8) is 0 Å². The number of hydrogen-bond donors (Lipinski definition) is 1. The largest absolute Gasteiger partial charge is 0.493 e. The average Bonchev–Trinajstić information content (AvgIpc) is 2.70. The number of nitrogens with zero attached hydrogens (tertiary/aromatic N) is 1. The highest BCUT2D eigenvalue weighted by Gasteiger charge is 2.27. The summed E-state index contributed by atoms with van der Waals surface area (Å²) in [6.45, 7) is 7.80. The predicted octanol–water partition coefficient (Wildman–Crippen LogP) is 2.24. The fourth-order valence-electron chi connectivity index (χ4n) is 3.21. The van der Waals surface area contributed by atoms with Gasteiger partial charge < -0.3 is 15.0 Å². The summed E-state index contributed by atoms with van der Waals surface area (Å²) in [6, 6.07) is 9.15. The van der Waals surface area contributed by atoms with Gasteiger partial charge in [-0.25, -0.2) is 0 Å². The lowest BCUT2D eigenvalue weighted by Crippen LogP contribution is -2.39. The Morgan fingerprint density at radius 3 is 3.16 bits per heavy atom. The molecule has 3 rings (SSSR count). The highest BCUT2D eigenvalue weighted by molar-refractivity contribution is 5.39. The lowest BCUT2D eigenvalue weighted by Gasteiger charge is -2.26. The smallest absolute Gasteiger partial charge is 0.122 e. The number of rotatable bonds is 3. The van der Waals surface area contributed by atoms with Crippen LogP contribution < -0.4 is 10.1 Å². The lowest BCUT2D eigenvalue weighted by molar-refractivity contribution is 0.228. The van der Waals surface area contributed by atoms with Crippen LogP contribution in [0.1, 0.15) is 31.2 Å². The Hall–Kier alpha value is -1.06. The van der Waals surface area contributed by atoms with Crippen LogP contribution in [0.4, 0.5) is 0 Å². The summed E-state index contributed by atoms with van der Waals surface area (Å²) in [6.07, 6.45) is 2.47. The number of fused-ring (bicyclic) bond motifs is 1. The van der Waals surface area contributed by atoms with Crippen LogP contribution in [0.3, 0.4) is 0 Å². The standard InChI is InChI=1S/C16H24N2O/c1-2-14-11-18(9-5-8-17-14)10-13-12-19-16-7-4-3-6-15(13)16/h3-4,6-7,13-14,17H,2,5,8-12H2,1H3. The van der Waals surface area contributed by atoms with Crippen molar-refractivity contribution in [1.29, 1.82) is 0 Å². The van der Waals surface area contributed by atoms with E-state index in [1.54, 1.807) is 0 Å². The van der Waals surface area contributed by atoms with Crippen molar-refractivity contribution in [2.45, 2.75) is 31.7 Å². The molecule has 2 unspecified atom stereocenters. The Balaban J connectivity index is 1.65. The van der Waals surface area contributed by atoms with Crippen LogP contribution in [0.2, 0.25) is 0 Å². The minimum absolute atomic E-state index is 0.548. The van der Waals surface area contributed by atoms with Gasteiger partial charge in [0.05, 0.1) is 6.61 Å². The molecule has 0 radical (unpaired) electrons. The van der Waals surface area contributed by atoms with E-state index in [-0.39, 0.29) is 0 Å². The second-order valence-corrected chi connectivity index (χ2v) is 5.72. The molecule has 0 amide bonds. The molecule has 2 aliphatic heterocycles. The topological polar surface area (TPSA) is 24.5 Å². The molecule has 1 aromatic carbocycles. The Kier molecular flexibility index (Phi) is 4.04. The first-order chi connectivity index (χ1) is 9.36. The van der Waals surface area contributed by atoms with Crippen LogP contribution in [-0.4, -0.2) is 43.7 Å². The molecule has 0 aliphatic carbocycles. The summed E-state index contributed by atoms with van der Waals surface area (Å²) in [7, 11) is 0. The van der Waals surface area contributed by atoms with Crippen LogP contribution in [0.15, 0.2) is 24.3 Å². The van der Waals surface area contributed by atoms with Gasteiger partial charge in [0.1, 0.15) is 5.75 Å². The van der Waals surface area contributed by atoms with Gasteiger partial charge in [-0.15, -0.1) is 0 Å². The van der Waals surface area contributed by atoms with Gasteiger partial charge in [0.2, 0.25) is 0 Å². The van der Waals surface area contributed by atoms with Gasteiger partial charge in [-0.2, -0.15) is 0 Å². The third kappa shape index (κ3) is 2.93. The molecule has 2 heterocycles. The van der Waals surface area contributed by atoms with Gasteiger partial charge in [0.25, 0.3) is 0 Å². The second-order valence-electron chi connectivity index (χ2n) is 5.72. The summed E-state index contributed by atoms with van der Waals surface area (Å²) in [5.41, 5.74) is 1.40. The van der Waals surface area contributed by atoms with E-state index in [9.17, 15) is 0 Å². The van der Waals surface area contributed by atoms with Crippen LogP contribution in [0, 0.1) is 0 Å². The number of para-hydroxylation sites is 1. The second kappa shape index (κ2) is 5.93. The maximum atomic E-state index is 5.79. The lowest BCUT2D eigenvalue weighted by atomic mass is 10.0. The van der Waals surface area contributed by atoms with Gasteiger partial charge in [-0.3, -0.25) is 0 Å². The fourth-order valence-corrected chi connectivity index (χ4v) is 3.21. The van der Waals surface area contributed by atoms with E-state index in [1.165, 1.54) is 31.5 Å². The highest BCUT2D eigenvalue weighted by Crippen LogP contribution is 2.34. The Morgan fingerprint density at radius 1 is 1.37 bits per heavy atom. The van der Waals surface area contributed by atoms with Crippen LogP contribution in [-0.2, 0) is 0 Å². The molecule has 3 nitrogen and oxygen atoms in total. The third-order valence-corrected chi connectivity index (χ3v) is 4.33. The summed E-state index contributed by atoms with van der Waals surface area (Å²) in [4.78, 5) is 2.62. The van der Waals surface area contributed by atoms with E-state index >= 15 is 0 Å². The molecule has 0 spiro atoms. The summed E-state index contributed by atoms with van der Waals surface area (Å²) in [5.74, 6) is 1.64. The fraction of sp³-hybridized carbons (Fsp3) is 0.625. The molecule has 2 aliphatic rings. The van der Waals surface area contributed by atoms with E-state index in [0.29, 0.717) is 12.0 Å². The zero-order valence-electron chi connectivity index (χ0n) is 11.8. The molecule has 1 N–H and O–H groups in total. The van der Waals surface area contributed by atoms with Crippen molar-refractivity contribution in [2.24, 2.45) is 0 Å². The molecule has 104 valence electrons. The van der Waals surface area contributed by atoms with E-state index in [1.807, 2.05) is 0 Å². The predicted molar refractivity (Wildman–Crippen MR) is 77.8 cm³/mol. The molecule has 0 aromatic heterocycles. The monoisotopic (exact) mass is 260 g/mol. The van der Waals surface area contributed by atoms with Gasteiger partial charge >= 0.3 is 0 Å². The van der Waals surface area contributed by atoms with Crippen LogP contribution >= 0.6 is 0 Å². The molecular formula is C16H24N2O. The van der Waals surface area contributed by atoms with E-state index < -0.39 is 0 Å². The molecular weight excluding hydrogens is 236 g/mol. The number of nitrogens with one attached hydrogen (secondary N) is 1. The van der Waals surface area contributed by atoms with Crippen molar-refractivity contribution in [3.8, 4) is 5.75 Å². The summed E-state index contributed by atoms with van der Waals surface area (Å²) >= 11 is 0. The molecule has 3 heteroatoms. The van der Waals surface area contributed by atoms with Crippen molar-refractivity contribution < 1.29 is 4.74 Å². The van der Waals surface area contributed by atoms with Crippen molar-refractivity contribution in [2.75, 3.05) is 32.8 Å². The van der Waals surface area contributed by atoms with E-state index in [4.69, 9.17) is 4.74 Å². The Morgan fingerprint density at radius 2 is 2.26 bits per heavy atom. The minimum Gasteiger partial charge on any atom is -0.493 e.